The van der Waals surface area contributed by atoms with E-state index in [-0.39, 0.29) is 18.8 Å². The predicted octanol–water partition coefficient (Wildman–Crippen LogP) is 1.45. The zero-order valence-electron chi connectivity index (χ0n) is 10.8. The van der Waals surface area contributed by atoms with Gasteiger partial charge in [-0.25, -0.2) is 17.1 Å². The third-order valence-corrected chi connectivity index (χ3v) is 5.28. The van der Waals surface area contributed by atoms with Crippen LogP contribution in [0.2, 0.25) is 0 Å². The third kappa shape index (κ3) is 3.55. The van der Waals surface area contributed by atoms with E-state index in [9.17, 15) is 17.6 Å². The van der Waals surface area contributed by atoms with Crippen molar-refractivity contribution < 1.29 is 22.7 Å². The number of halogens is 1. The van der Waals surface area contributed by atoms with Crippen LogP contribution in [0.1, 0.15) is 18.4 Å². The van der Waals surface area contributed by atoms with E-state index >= 15 is 0 Å². The number of hydrogen-bond acceptors (Lipinski definition) is 3. The molecular weight excluding hydrogens is 285 g/mol. The Bertz CT molecular complexity index is 594. The average molecular weight is 301 g/mol. The van der Waals surface area contributed by atoms with Crippen LogP contribution in [-0.4, -0.2) is 36.9 Å². The van der Waals surface area contributed by atoms with Gasteiger partial charge >= 0.3 is 5.97 Å². The molecule has 1 saturated heterocycles. The molecule has 1 aliphatic rings. The number of carboxylic acid groups (broad SMARTS) is 1. The lowest BCUT2D eigenvalue weighted by Gasteiger charge is -2.29. The summed E-state index contributed by atoms with van der Waals surface area (Å²) in [5.74, 6) is -2.09. The van der Waals surface area contributed by atoms with Crippen LogP contribution in [0.3, 0.4) is 0 Å². The van der Waals surface area contributed by atoms with Crippen molar-refractivity contribution in [3.05, 3.63) is 35.6 Å². The molecule has 0 aromatic heterocycles. The van der Waals surface area contributed by atoms with Gasteiger partial charge in [0.25, 0.3) is 0 Å². The van der Waals surface area contributed by atoms with Crippen LogP contribution in [-0.2, 0) is 20.6 Å². The van der Waals surface area contributed by atoms with Crippen LogP contribution in [0, 0.1) is 11.7 Å². The third-order valence-electron chi connectivity index (χ3n) is 3.43. The summed E-state index contributed by atoms with van der Waals surface area (Å²) in [5.41, 5.74) is 0.394. The van der Waals surface area contributed by atoms with Crippen LogP contribution in [0.4, 0.5) is 4.39 Å². The van der Waals surface area contributed by atoms with E-state index in [1.165, 1.54) is 22.5 Å². The molecule has 0 spiro atoms. The number of carbonyl (C=O) groups is 1. The maximum absolute atomic E-state index is 13.1. The molecule has 7 heteroatoms. The largest absolute Gasteiger partial charge is 0.481 e. The minimum atomic E-state index is -3.53. The van der Waals surface area contributed by atoms with Crippen molar-refractivity contribution in [3.8, 4) is 0 Å². The van der Waals surface area contributed by atoms with Gasteiger partial charge in [0.05, 0.1) is 11.7 Å². The fourth-order valence-corrected chi connectivity index (χ4v) is 3.86. The number of carboxylic acids is 1. The monoisotopic (exact) mass is 301 g/mol. The molecule has 0 unspecified atom stereocenters. The Kier molecular flexibility index (Phi) is 4.39. The molecule has 1 aliphatic heterocycles. The normalized spacial score (nSPS) is 18.1. The van der Waals surface area contributed by atoms with Crippen molar-refractivity contribution in [2.45, 2.75) is 18.6 Å². The zero-order valence-corrected chi connectivity index (χ0v) is 11.6. The van der Waals surface area contributed by atoms with Crippen molar-refractivity contribution in [3.63, 3.8) is 0 Å². The van der Waals surface area contributed by atoms with Gasteiger partial charge in [0, 0.05) is 13.1 Å². The van der Waals surface area contributed by atoms with Crippen LogP contribution in [0.5, 0.6) is 0 Å². The first kappa shape index (κ1) is 14.9. The van der Waals surface area contributed by atoms with Crippen LogP contribution >= 0.6 is 0 Å². The summed E-state index contributed by atoms with van der Waals surface area (Å²) in [4.78, 5) is 10.8. The van der Waals surface area contributed by atoms with Crippen LogP contribution in [0.25, 0.3) is 0 Å². The predicted molar refractivity (Wildman–Crippen MR) is 71.0 cm³/mol. The smallest absolute Gasteiger partial charge is 0.306 e. The second-order valence-electron chi connectivity index (χ2n) is 4.90. The molecular formula is C13H16FNO4S. The number of rotatable bonds is 4. The van der Waals surface area contributed by atoms with E-state index in [1.807, 2.05) is 0 Å². The van der Waals surface area contributed by atoms with Gasteiger partial charge in [0.15, 0.2) is 0 Å². The van der Waals surface area contributed by atoms with Crippen molar-refractivity contribution in [1.29, 1.82) is 0 Å². The molecule has 0 atom stereocenters. The standard InChI is InChI=1S/C13H16FNO4S/c14-12-3-1-2-10(8-12)9-20(18,19)15-6-4-11(5-7-15)13(16)17/h1-3,8,11H,4-7,9H2,(H,16,17). The van der Waals surface area contributed by atoms with E-state index in [1.54, 1.807) is 6.07 Å². The minimum Gasteiger partial charge on any atom is -0.481 e. The van der Waals surface area contributed by atoms with E-state index in [0.29, 0.717) is 18.4 Å². The minimum absolute atomic E-state index is 0.203. The molecule has 20 heavy (non-hydrogen) atoms. The quantitative estimate of drug-likeness (QED) is 0.913. The molecule has 1 aromatic rings. The number of nitrogens with zero attached hydrogens (tertiary/aromatic N) is 1. The Morgan fingerprint density at radius 3 is 2.55 bits per heavy atom. The second-order valence-corrected chi connectivity index (χ2v) is 6.87. The van der Waals surface area contributed by atoms with Gasteiger partial charge in [-0.1, -0.05) is 12.1 Å². The summed E-state index contributed by atoms with van der Waals surface area (Å²) >= 11 is 0. The highest BCUT2D eigenvalue weighted by molar-refractivity contribution is 7.88. The van der Waals surface area contributed by atoms with Crippen molar-refractivity contribution >= 4 is 16.0 Å². The Morgan fingerprint density at radius 2 is 2.00 bits per heavy atom. The van der Waals surface area contributed by atoms with Gasteiger partial charge in [-0.2, -0.15) is 0 Å². The maximum Gasteiger partial charge on any atom is 0.306 e. The Morgan fingerprint density at radius 1 is 1.35 bits per heavy atom. The fourth-order valence-electron chi connectivity index (χ4n) is 2.31. The lowest BCUT2D eigenvalue weighted by molar-refractivity contribution is -0.142. The number of hydrogen-bond donors (Lipinski definition) is 1. The number of piperidine rings is 1. The van der Waals surface area contributed by atoms with E-state index in [0.717, 1.165) is 0 Å². The Hall–Kier alpha value is -1.47. The van der Waals surface area contributed by atoms with E-state index in [2.05, 4.69) is 0 Å². The highest BCUT2D eigenvalue weighted by Gasteiger charge is 2.30. The molecule has 2 rings (SSSR count). The summed E-state index contributed by atoms with van der Waals surface area (Å²) in [6, 6.07) is 5.48. The fraction of sp³-hybridized carbons (Fsp3) is 0.462. The summed E-state index contributed by atoms with van der Waals surface area (Å²) in [6.07, 6.45) is 0.634. The van der Waals surface area contributed by atoms with Crippen LogP contribution in [0.15, 0.2) is 24.3 Å². The first-order valence-electron chi connectivity index (χ1n) is 6.33. The van der Waals surface area contributed by atoms with Gasteiger partial charge in [0.2, 0.25) is 10.0 Å². The van der Waals surface area contributed by atoms with Gasteiger partial charge < -0.3 is 5.11 Å². The van der Waals surface area contributed by atoms with Crippen molar-refractivity contribution in [2.75, 3.05) is 13.1 Å². The first-order valence-corrected chi connectivity index (χ1v) is 7.94. The van der Waals surface area contributed by atoms with Crippen molar-refractivity contribution in [1.82, 2.24) is 4.31 Å². The van der Waals surface area contributed by atoms with Gasteiger partial charge in [0.1, 0.15) is 5.82 Å². The Labute approximate surface area is 117 Å². The highest BCUT2D eigenvalue weighted by Crippen LogP contribution is 2.21. The summed E-state index contributed by atoms with van der Waals surface area (Å²) in [5, 5.41) is 8.88. The van der Waals surface area contributed by atoms with E-state index < -0.39 is 27.7 Å². The molecule has 110 valence electrons. The highest BCUT2D eigenvalue weighted by atomic mass is 32.2. The summed E-state index contributed by atoms with van der Waals surface area (Å²) in [6.45, 7) is 0.406. The van der Waals surface area contributed by atoms with E-state index in [4.69, 9.17) is 5.11 Å². The van der Waals surface area contributed by atoms with Gasteiger partial charge in [-0.15, -0.1) is 0 Å². The second kappa shape index (κ2) is 5.88. The lowest BCUT2D eigenvalue weighted by Crippen LogP contribution is -2.40. The lowest BCUT2D eigenvalue weighted by atomic mass is 9.99. The topological polar surface area (TPSA) is 74.7 Å². The number of benzene rings is 1. The molecule has 0 amide bonds. The molecule has 1 fully saturated rings. The zero-order chi connectivity index (χ0) is 14.8. The first-order chi connectivity index (χ1) is 9.38. The van der Waals surface area contributed by atoms with Crippen molar-refractivity contribution in [2.24, 2.45) is 5.92 Å². The average Bonchev–Trinajstić information content (AvgIpc) is 2.38. The Balaban J connectivity index is 2.03. The summed E-state index contributed by atoms with van der Waals surface area (Å²) < 4.78 is 38.7. The van der Waals surface area contributed by atoms with Gasteiger partial charge in [-0.05, 0) is 30.5 Å². The molecule has 0 radical (unpaired) electrons. The summed E-state index contributed by atoms with van der Waals surface area (Å²) in [7, 11) is -3.53. The van der Waals surface area contributed by atoms with Gasteiger partial charge in [-0.3, -0.25) is 4.79 Å². The molecule has 0 bridgehead atoms. The molecule has 1 N–H and O–H groups in total. The number of sulfonamides is 1. The maximum atomic E-state index is 13.1. The molecule has 1 heterocycles. The molecule has 1 aromatic carbocycles. The number of aliphatic carboxylic acids is 1. The molecule has 0 aliphatic carbocycles. The molecule has 5 nitrogen and oxygen atoms in total. The van der Waals surface area contributed by atoms with Crippen LogP contribution < -0.4 is 0 Å². The molecule has 0 saturated carbocycles. The SMILES string of the molecule is O=C(O)C1CCN(S(=O)(=O)Cc2cccc(F)c2)CC1.